The zero-order valence-corrected chi connectivity index (χ0v) is 9.27. The van der Waals surface area contributed by atoms with E-state index < -0.39 is 0 Å². The van der Waals surface area contributed by atoms with Crippen LogP contribution in [0.1, 0.15) is 35.8 Å². The van der Waals surface area contributed by atoms with Gasteiger partial charge >= 0.3 is 0 Å². The van der Waals surface area contributed by atoms with Crippen LogP contribution in [0.2, 0.25) is 0 Å². The van der Waals surface area contributed by atoms with E-state index in [0.29, 0.717) is 5.92 Å². The highest BCUT2D eigenvalue weighted by Crippen LogP contribution is 2.48. The second kappa shape index (κ2) is 3.16. The van der Waals surface area contributed by atoms with Crippen LogP contribution in [0.25, 0.3) is 0 Å². The number of fused-ring (bicyclic) bond motifs is 2. The number of allylic oxidation sites excluding steroid dienone is 2. The van der Waals surface area contributed by atoms with E-state index in [0.717, 1.165) is 23.2 Å². The first-order valence-electron chi connectivity index (χ1n) is 5.72. The maximum atomic E-state index is 4.68. The second-order valence-corrected chi connectivity index (χ2v) is 4.87. The lowest BCUT2D eigenvalue weighted by Crippen LogP contribution is -2.10. The van der Waals surface area contributed by atoms with E-state index in [1.807, 2.05) is 13.1 Å². The summed E-state index contributed by atoms with van der Waals surface area (Å²) < 4.78 is 0. The lowest BCUT2D eigenvalue weighted by Gasteiger charge is -2.19. The predicted octanol–water partition coefficient (Wildman–Crippen LogP) is 2.77. The molecule has 0 unspecified atom stereocenters. The minimum Gasteiger partial charge on any atom is -0.258 e. The van der Waals surface area contributed by atoms with E-state index in [-0.39, 0.29) is 0 Å². The van der Waals surface area contributed by atoms with Crippen LogP contribution in [0.5, 0.6) is 0 Å². The summed E-state index contributed by atoms with van der Waals surface area (Å²) in [6.45, 7) is 4.11. The second-order valence-electron chi connectivity index (χ2n) is 4.87. The summed E-state index contributed by atoms with van der Waals surface area (Å²) in [5, 5.41) is 0. The molecule has 1 saturated carbocycles. The van der Waals surface area contributed by atoms with Crippen molar-refractivity contribution in [2.45, 2.75) is 32.6 Å². The summed E-state index contributed by atoms with van der Waals surface area (Å²) in [5.41, 5.74) is 3.40. The molecule has 78 valence electrons. The van der Waals surface area contributed by atoms with E-state index in [1.54, 1.807) is 0 Å². The molecule has 0 saturated heterocycles. The van der Waals surface area contributed by atoms with Gasteiger partial charge in [-0.3, -0.25) is 9.97 Å². The lowest BCUT2D eigenvalue weighted by molar-refractivity contribution is 0.561. The third-order valence-corrected chi connectivity index (χ3v) is 3.74. The van der Waals surface area contributed by atoms with Gasteiger partial charge < -0.3 is 0 Å². The fraction of sp³-hybridized carbons (Fsp3) is 0.538. The van der Waals surface area contributed by atoms with Gasteiger partial charge in [-0.15, -0.1) is 0 Å². The molecule has 0 amide bonds. The average molecular weight is 200 g/mol. The molecule has 2 aliphatic rings. The monoisotopic (exact) mass is 200 g/mol. The van der Waals surface area contributed by atoms with Gasteiger partial charge in [0.2, 0.25) is 0 Å². The van der Waals surface area contributed by atoms with Crippen molar-refractivity contribution in [3.63, 3.8) is 0 Å². The molecule has 2 aliphatic carbocycles. The number of hydrogen-bond acceptors (Lipinski definition) is 2. The summed E-state index contributed by atoms with van der Waals surface area (Å²) in [7, 11) is 0. The van der Waals surface area contributed by atoms with Gasteiger partial charge in [0.25, 0.3) is 0 Å². The fourth-order valence-corrected chi connectivity index (χ4v) is 3.00. The van der Waals surface area contributed by atoms with Gasteiger partial charge in [0, 0.05) is 12.1 Å². The zero-order chi connectivity index (χ0) is 10.4. The summed E-state index contributed by atoms with van der Waals surface area (Å²) in [6.07, 6.45) is 9.23. The standard InChI is InChI=1S/C13H16N2/c1-8-7-14-9(2)13(15-8)12-6-10-3-4-11(12)5-10/h3-4,7,10-12H,5-6H2,1-2H3/t10-,11+,12+/m0/s1. The maximum absolute atomic E-state index is 4.68. The normalized spacial score (nSPS) is 32.5. The van der Waals surface area contributed by atoms with Crippen molar-refractivity contribution in [3.05, 3.63) is 35.4 Å². The van der Waals surface area contributed by atoms with Crippen LogP contribution in [-0.2, 0) is 0 Å². The van der Waals surface area contributed by atoms with Crippen LogP contribution in [0.15, 0.2) is 18.3 Å². The molecule has 0 radical (unpaired) electrons. The molecule has 15 heavy (non-hydrogen) atoms. The molecule has 1 fully saturated rings. The molecule has 0 aliphatic heterocycles. The zero-order valence-electron chi connectivity index (χ0n) is 9.27. The molecule has 0 aromatic carbocycles. The van der Waals surface area contributed by atoms with Crippen molar-refractivity contribution < 1.29 is 0 Å². The molecule has 2 nitrogen and oxygen atoms in total. The molecular weight excluding hydrogens is 184 g/mol. The number of hydrogen-bond donors (Lipinski definition) is 0. The van der Waals surface area contributed by atoms with E-state index in [2.05, 4.69) is 29.0 Å². The summed E-state index contributed by atoms with van der Waals surface area (Å²) in [5.74, 6) is 2.17. The maximum Gasteiger partial charge on any atom is 0.0656 e. The summed E-state index contributed by atoms with van der Waals surface area (Å²) in [4.78, 5) is 9.10. The molecule has 1 aromatic rings. The van der Waals surface area contributed by atoms with Crippen LogP contribution in [0.3, 0.4) is 0 Å². The molecule has 0 spiro atoms. The quantitative estimate of drug-likeness (QED) is 0.651. The Morgan fingerprint density at radius 3 is 2.73 bits per heavy atom. The Morgan fingerprint density at radius 1 is 1.20 bits per heavy atom. The molecular formula is C13H16N2. The van der Waals surface area contributed by atoms with Gasteiger partial charge in [-0.25, -0.2) is 0 Å². The summed E-state index contributed by atoms with van der Waals surface area (Å²) in [6, 6.07) is 0. The van der Waals surface area contributed by atoms with Crippen LogP contribution < -0.4 is 0 Å². The highest BCUT2D eigenvalue weighted by Gasteiger charge is 2.38. The van der Waals surface area contributed by atoms with Gasteiger partial charge in [0.05, 0.1) is 17.1 Å². The average Bonchev–Trinajstić information content (AvgIpc) is 2.83. The Bertz CT molecular complexity index is 423. The molecule has 3 rings (SSSR count). The first-order chi connectivity index (χ1) is 7.24. The predicted molar refractivity (Wildman–Crippen MR) is 59.6 cm³/mol. The SMILES string of the molecule is Cc1cnc(C)c([C@@H]2C[C@H]3C=C[C@@H]2C3)n1. The Balaban J connectivity index is 1.99. The first kappa shape index (κ1) is 9.08. The largest absolute Gasteiger partial charge is 0.258 e. The topological polar surface area (TPSA) is 25.8 Å². The van der Waals surface area contributed by atoms with E-state index in [4.69, 9.17) is 0 Å². The van der Waals surface area contributed by atoms with Crippen molar-refractivity contribution >= 4 is 0 Å². The molecule has 1 aromatic heterocycles. The first-order valence-corrected chi connectivity index (χ1v) is 5.72. The Hall–Kier alpha value is -1.18. The molecule has 3 atom stereocenters. The van der Waals surface area contributed by atoms with Crippen molar-refractivity contribution in [2.24, 2.45) is 11.8 Å². The Kier molecular flexibility index (Phi) is 1.91. The van der Waals surface area contributed by atoms with Crippen molar-refractivity contribution in [1.82, 2.24) is 9.97 Å². The number of rotatable bonds is 1. The Morgan fingerprint density at radius 2 is 2.07 bits per heavy atom. The van der Waals surface area contributed by atoms with E-state index in [9.17, 15) is 0 Å². The van der Waals surface area contributed by atoms with Crippen molar-refractivity contribution in [2.75, 3.05) is 0 Å². The third-order valence-electron chi connectivity index (χ3n) is 3.74. The Labute approximate surface area is 90.5 Å². The minimum atomic E-state index is 0.632. The van der Waals surface area contributed by atoms with Crippen molar-refractivity contribution in [3.8, 4) is 0 Å². The number of aryl methyl sites for hydroxylation is 2. The van der Waals surface area contributed by atoms with E-state index >= 15 is 0 Å². The highest BCUT2D eigenvalue weighted by molar-refractivity contribution is 5.25. The van der Waals surface area contributed by atoms with Gasteiger partial charge in [0.15, 0.2) is 0 Å². The molecule has 0 N–H and O–H groups in total. The highest BCUT2D eigenvalue weighted by atomic mass is 14.8. The van der Waals surface area contributed by atoms with Crippen LogP contribution >= 0.6 is 0 Å². The number of aromatic nitrogens is 2. The number of nitrogens with zero attached hydrogens (tertiary/aromatic N) is 2. The summed E-state index contributed by atoms with van der Waals surface area (Å²) >= 11 is 0. The lowest BCUT2D eigenvalue weighted by atomic mass is 9.89. The molecule has 2 bridgehead atoms. The minimum absolute atomic E-state index is 0.632. The van der Waals surface area contributed by atoms with E-state index in [1.165, 1.54) is 18.5 Å². The van der Waals surface area contributed by atoms with Crippen LogP contribution in [0.4, 0.5) is 0 Å². The molecule has 2 heteroatoms. The van der Waals surface area contributed by atoms with Gasteiger partial charge in [-0.05, 0) is 38.5 Å². The smallest absolute Gasteiger partial charge is 0.0656 e. The van der Waals surface area contributed by atoms with Crippen molar-refractivity contribution in [1.29, 1.82) is 0 Å². The van der Waals surface area contributed by atoms with Crippen LogP contribution in [0, 0.1) is 25.7 Å². The fourth-order valence-electron chi connectivity index (χ4n) is 3.00. The van der Waals surface area contributed by atoms with Crippen LogP contribution in [-0.4, -0.2) is 9.97 Å². The molecule has 1 heterocycles. The van der Waals surface area contributed by atoms with Gasteiger partial charge in [0.1, 0.15) is 0 Å². The van der Waals surface area contributed by atoms with Gasteiger partial charge in [-0.2, -0.15) is 0 Å². The van der Waals surface area contributed by atoms with Gasteiger partial charge in [-0.1, -0.05) is 12.2 Å². The third kappa shape index (κ3) is 1.39.